The van der Waals surface area contributed by atoms with E-state index in [4.69, 9.17) is 21.1 Å². The molecule has 2 aliphatic rings. The molecule has 0 radical (unpaired) electrons. The van der Waals surface area contributed by atoms with Crippen molar-refractivity contribution in [2.24, 2.45) is 5.92 Å². The summed E-state index contributed by atoms with van der Waals surface area (Å²) in [6, 6.07) is 7.61. The first-order valence-electron chi connectivity index (χ1n) is 8.71. The second-order valence-corrected chi connectivity index (χ2v) is 6.94. The Morgan fingerprint density at radius 2 is 2.12 bits per heavy atom. The maximum absolute atomic E-state index is 12.4. The molecule has 1 aliphatic heterocycles. The maximum atomic E-state index is 12.4. The number of ether oxygens (including phenoxy) is 2. The molecular weight excluding hydrogens is 328 g/mol. The van der Waals surface area contributed by atoms with Crippen molar-refractivity contribution in [2.45, 2.75) is 37.8 Å². The summed E-state index contributed by atoms with van der Waals surface area (Å²) in [5, 5.41) is 6.74. The van der Waals surface area contributed by atoms with E-state index in [0.29, 0.717) is 37.3 Å². The molecular formula is C18H25ClN2O3. The number of amides is 2. The van der Waals surface area contributed by atoms with Gasteiger partial charge in [0, 0.05) is 11.6 Å². The van der Waals surface area contributed by atoms with E-state index in [1.807, 2.05) is 24.3 Å². The molecule has 0 bridgehead atoms. The highest BCUT2D eigenvalue weighted by Crippen LogP contribution is 2.36. The van der Waals surface area contributed by atoms with Crippen LogP contribution in [0, 0.1) is 5.92 Å². The van der Waals surface area contributed by atoms with Gasteiger partial charge in [-0.05, 0) is 36.5 Å². The molecule has 1 saturated carbocycles. The van der Waals surface area contributed by atoms with Gasteiger partial charge in [0.15, 0.2) is 0 Å². The SMILES string of the molecule is O=C(NCC1COCCO1)N[C@H](c1cccc(Cl)c1)C1CCCC1. The summed E-state index contributed by atoms with van der Waals surface area (Å²) >= 11 is 6.14. The number of nitrogens with one attached hydrogen (secondary N) is 2. The van der Waals surface area contributed by atoms with Gasteiger partial charge in [0.25, 0.3) is 0 Å². The highest BCUT2D eigenvalue weighted by atomic mass is 35.5. The highest BCUT2D eigenvalue weighted by Gasteiger charge is 2.28. The number of carbonyl (C=O) groups is 1. The van der Waals surface area contributed by atoms with Crippen LogP contribution in [0.3, 0.4) is 0 Å². The van der Waals surface area contributed by atoms with Crippen LogP contribution < -0.4 is 10.6 Å². The van der Waals surface area contributed by atoms with E-state index in [2.05, 4.69) is 10.6 Å². The van der Waals surface area contributed by atoms with Crippen molar-refractivity contribution in [3.05, 3.63) is 34.9 Å². The second-order valence-electron chi connectivity index (χ2n) is 6.50. The molecule has 2 amide bonds. The lowest BCUT2D eigenvalue weighted by Crippen LogP contribution is -2.45. The van der Waals surface area contributed by atoms with Crippen molar-refractivity contribution < 1.29 is 14.3 Å². The smallest absolute Gasteiger partial charge is 0.315 e. The van der Waals surface area contributed by atoms with E-state index >= 15 is 0 Å². The highest BCUT2D eigenvalue weighted by molar-refractivity contribution is 6.30. The Labute approximate surface area is 148 Å². The fourth-order valence-electron chi connectivity index (χ4n) is 3.52. The Morgan fingerprint density at radius 3 is 2.83 bits per heavy atom. The molecule has 1 aromatic carbocycles. The molecule has 132 valence electrons. The van der Waals surface area contributed by atoms with E-state index in [9.17, 15) is 4.79 Å². The Kier molecular flexibility index (Phi) is 6.35. The number of urea groups is 1. The van der Waals surface area contributed by atoms with Gasteiger partial charge >= 0.3 is 6.03 Å². The van der Waals surface area contributed by atoms with Gasteiger partial charge in [-0.15, -0.1) is 0 Å². The topological polar surface area (TPSA) is 59.6 Å². The minimum Gasteiger partial charge on any atom is -0.376 e. The fourth-order valence-corrected chi connectivity index (χ4v) is 3.72. The lowest BCUT2D eigenvalue weighted by atomic mass is 9.92. The molecule has 1 aliphatic carbocycles. The van der Waals surface area contributed by atoms with Crippen LogP contribution in [0.2, 0.25) is 5.02 Å². The van der Waals surface area contributed by atoms with Gasteiger partial charge in [-0.1, -0.05) is 36.6 Å². The van der Waals surface area contributed by atoms with Crippen LogP contribution in [0.1, 0.15) is 37.3 Å². The molecule has 0 spiro atoms. The minimum absolute atomic E-state index is 0.00488. The van der Waals surface area contributed by atoms with Crippen LogP contribution in [-0.2, 0) is 9.47 Å². The molecule has 0 aromatic heterocycles. The average Bonchev–Trinajstić information content (AvgIpc) is 3.13. The summed E-state index contributed by atoms with van der Waals surface area (Å²) in [4.78, 5) is 12.4. The largest absolute Gasteiger partial charge is 0.376 e. The molecule has 2 atom stereocenters. The van der Waals surface area contributed by atoms with E-state index < -0.39 is 0 Å². The molecule has 2 fully saturated rings. The van der Waals surface area contributed by atoms with Crippen LogP contribution in [0.5, 0.6) is 0 Å². The predicted octanol–water partition coefficient (Wildman–Crippen LogP) is 3.29. The number of carbonyl (C=O) groups excluding carboxylic acids is 1. The molecule has 3 rings (SSSR count). The fraction of sp³-hybridized carbons (Fsp3) is 0.611. The predicted molar refractivity (Wildman–Crippen MR) is 93.2 cm³/mol. The quantitative estimate of drug-likeness (QED) is 0.854. The van der Waals surface area contributed by atoms with Crippen LogP contribution >= 0.6 is 11.6 Å². The zero-order valence-electron chi connectivity index (χ0n) is 13.8. The number of halogens is 1. The van der Waals surface area contributed by atoms with Crippen molar-refractivity contribution in [3.63, 3.8) is 0 Å². The van der Waals surface area contributed by atoms with Gasteiger partial charge in [-0.3, -0.25) is 0 Å². The Bertz CT molecular complexity index is 543. The van der Waals surface area contributed by atoms with Crippen molar-refractivity contribution in [1.29, 1.82) is 0 Å². The summed E-state index contributed by atoms with van der Waals surface area (Å²) in [7, 11) is 0. The first-order valence-corrected chi connectivity index (χ1v) is 9.09. The number of hydrogen-bond acceptors (Lipinski definition) is 3. The summed E-state index contributed by atoms with van der Waals surface area (Å²) in [6.07, 6.45) is 4.64. The van der Waals surface area contributed by atoms with Crippen LogP contribution in [0.15, 0.2) is 24.3 Å². The van der Waals surface area contributed by atoms with Crippen molar-refractivity contribution in [1.82, 2.24) is 10.6 Å². The van der Waals surface area contributed by atoms with Gasteiger partial charge in [-0.25, -0.2) is 4.79 Å². The van der Waals surface area contributed by atoms with Gasteiger partial charge in [0.2, 0.25) is 0 Å². The van der Waals surface area contributed by atoms with Gasteiger partial charge < -0.3 is 20.1 Å². The van der Waals surface area contributed by atoms with Crippen molar-refractivity contribution >= 4 is 17.6 Å². The summed E-state index contributed by atoms with van der Waals surface area (Å²) in [5.41, 5.74) is 1.07. The van der Waals surface area contributed by atoms with Gasteiger partial charge in [-0.2, -0.15) is 0 Å². The normalized spacial score (nSPS) is 23.0. The van der Waals surface area contributed by atoms with Crippen LogP contribution in [0.4, 0.5) is 4.79 Å². The van der Waals surface area contributed by atoms with Gasteiger partial charge in [0.1, 0.15) is 0 Å². The standard InChI is InChI=1S/C18H25ClN2O3/c19-15-7-3-6-14(10-15)17(13-4-1-2-5-13)21-18(22)20-11-16-12-23-8-9-24-16/h3,6-7,10,13,16-17H,1-2,4-5,8-9,11-12H2,(H2,20,21,22)/t16?,17-/m0/s1. The first-order chi connectivity index (χ1) is 11.7. The molecule has 6 heteroatoms. The average molecular weight is 353 g/mol. The summed E-state index contributed by atoms with van der Waals surface area (Å²) < 4.78 is 10.9. The molecule has 1 heterocycles. The molecule has 5 nitrogen and oxygen atoms in total. The van der Waals surface area contributed by atoms with Gasteiger partial charge in [0.05, 0.1) is 32.0 Å². The molecule has 1 saturated heterocycles. The number of benzene rings is 1. The third-order valence-electron chi connectivity index (χ3n) is 4.74. The Balaban J connectivity index is 1.59. The lowest BCUT2D eigenvalue weighted by Gasteiger charge is -2.27. The zero-order valence-corrected chi connectivity index (χ0v) is 14.6. The third-order valence-corrected chi connectivity index (χ3v) is 4.98. The Hall–Kier alpha value is -1.30. The lowest BCUT2D eigenvalue weighted by molar-refractivity contribution is -0.0854. The van der Waals surface area contributed by atoms with Crippen LogP contribution in [0.25, 0.3) is 0 Å². The van der Waals surface area contributed by atoms with Crippen molar-refractivity contribution in [3.8, 4) is 0 Å². The minimum atomic E-state index is -0.166. The summed E-state index contributed by atoms with van der Waals surface area (Å²) in [5.74, 6) is 0.462. The van der Waals surface area contributed by atoms with E-state index in [1.165, 1.54) is 12.8 Å². The maximum Gasteiger partial charge on any atom is 0.315 e. The molecule has 24 heavy (non-hydrogen) atoms. The zero-order chi connectivity index (χ0) is 16.8. The first kappa shape index (κ1) is 17.5. The van der Waals surface area contributed by atoms with Crippen molar-refractivity contribution in [2.75, 3.05) is 26.4 Å². The van der Waals surface area contributed by atoms with E-state index in [-0.39, 0.29) is 18.2 Å². The third kappa shape index (κ3) is 4.85. The van der Waals surface area contributed by atoms with E-state index in [0.717, 1.165) is 18.4 Å². The van der Waals surface area contributed by atoms with Crippen LogP contribution in [-0.4, -0.2) is 38.5 Å². The number of hydrogen-bond donors (Lipinski definition) is 2. The molecule has 1 aromatic rings. The van der Waals surface area contributed by atoms with E-state index in [1.54, 1.807) is 0 Å². The second kappa shape index (κ2) is 8.70. The Morgan fingerprint density at radius 1 is 1.29 bits per heavy atom. The summed E-state index contributed by atoms with van der Waals surface area (Å²) in [6.45, 7) is 2.20. The molecule has 1 unspecified atom stereocenters. The monoisotopic (exact) mass is 352 g/mol. The number of rotatable bonds is 5. The molecule has 2 N–H and O–H groups in total.